The molecule has 1 N–H and O–H groups in total. The smallest absolute Gasteiger partial charge is 0.335 e. The molecule has 4 amide bonds. The van der Waals surface area contributed by atoms with Gasteiger partial charge >= 0.3 is 6.03 Å². The van der Waals surface area contributed by atoms with Crippen molar-refractivity contribution in [3.05, 3.63) is 58.1 Å². The van der Waals surface area contributed by atoms with Crippen LogP contribution in [0.3, 0.4) is 0 Å². The number of ether oxygens (including phenoxy) is 2. The summed E-state index contributed by atoms with van der Waals surface area (Å²) in [5, 5.41) is 2.61. The largest absolute Gasteiger partial charge is 0.497 e. The van der Waals surface area contributed by atoms with Gasteiger partial charge < -0.3 is 9.47 Å². The topological polar surface area (TPSA) is 84.9 Å². The molecule has 30 heavy (non-hydrogen) atoms. The highest BCUT2D eigenvalue weighted by molar-refractivity contribution is 6.40. The number of halogens is 1. The summed E-state index contributed by atoms with van der Waals surface area (Å²) in [6.07, 6.45) is 1.26. The predicted octanol–water partition coefficient (Wildman–Crippen LogP) is 4.11. The normalized spacial score (nSPS) is 15.6. The van der Waals surface area contributed by atoms with Crippen LogP contribution in [0.5, 0.6) is 11.5 Å². The van der Waals surface area contributed by atoms with E-state index in [2.05, 4.69) is 5.32 Å². The maximum absolute atomic E-state index is 13.1. The van der Waals surface area contributed by atoms with E-state index in [0.29, 0.717) is 33.3 Å². The van der Waals surface area contributed by atoms with Crippen molar-refractivity contribution in [2.75, 3.05) is 12.0 Å². The van der Waals surface area contributed by atoms with Gasteiger partial charge in [0.25, 0.3) is 11.8 Å². The highest BCUT2D eigenvalue weighted by atomic mass is 35.5. The number of benzene rings is 2. The van der Waals surface area contributed by atoms with Crippen LogP contribution in [0.1, 0.15) is 25.0 Å². The number of carbonyl (C=O) groups excluding carboxylic acids is 3. The van der Waals surface area contributed by atoms with Gasteiger partial charge in [0.15, 0.2) is 0 Å². The number of urea groups is 1. The van der Waals surface area contributed by atoms with Crippen LogP contribution in [0.15, 0.2) is 42.0 Å². The average molecular weight is 429 g/mol. The predicted molar refractivity (Wildman–Crippen MR) is 114 cm³/mol. The Labute approximate surface area is 179 Å². The molecule has 2 aromatic rings. The average Bonchev–Trinajstić information content (AvgIpc) is 2.68. The monoisotopic (exact) mass is 428 g/mol. The standard InChI is InChI=1S/C22H21ClN2O5/c1-12(2)30-19-11-15(29-4)9-8-14(19)10-16-20(26)24-22(28)25(21(16)27)18-7-5-6-17(23)13(18)3/h5-12H,1-4H3,(H,24,26,28)/b16-10+. The molecule has 0 atom stereocenters. The van der Waals surface area contributed by atoms with E-state index in [1.807, 2.05) is 13.8 Å². The molecule has 0 radical (unpaired) electrons. The van der Waals surface area contributed by atoms with Gasteiger partial charge in [-0.15, -0.1) is 0 Å². The lowest BCUT2D eigenvalue weighted by atomic mass is 10.0. The molecule has 7 nitrogen and oxygen atoms in total. The van der Waals surface area contributed by atoms with Gasteiger partial charge in [-0.3, -0.25) is 14.9 Å². The van der Waals surface area contributed by atoms with Crippen LogP contribution < -0.4 is 19.7 Å². The molecule has 1 saturated heterocycles. The summed E-state index contributed by atoms with van der Waals surface area (Å²) in [5.74, 6) is -0.522. The van der Waals surface area contributed by atoms with Gasteiger partial charge in [-0.05, 0) is 56.7 Å². The molecule has 1 aliphatic rings. The molecule has 156 valence electrons. The number of imide groups is 2. The second-order valence-corrected chi connectivity index (χ2v) is 7.32. The lowest BCUT2D eigenvalue weighted by molar-refractivity contribution is -0.122. The quantitative estimate of drug-likeness (QED) is 0.572. The second kappa shape index (κ2) is 8.59. The number of amides is 4. The van der Waals surface area contributed by atoms with Crippen LogP contribution in [0.2, 0.25) is 5.02 Å². The Hall–Kier alpha value is -3.32. The number of rotatable bonds is 5. The molecule has 1 aliphatic heterocycles. The van der Waals surface area contributed by atoms with E-state index in [9.17, 15) is 14.4 Å². The summed E-state index contributed by atoms with van der Waals surface area (Å²) in [4.78, 5) is 38.9. The number of carbonyl (C=O) groups is 3. The SMILES string of the molecule is COc1ccc(/C=C2\C(=O)NC(=O)N(c3cccc(Cl)c3C)C2=O)c(OC(C)C)c1. The van der Waals surface area contributed by atoms with Gasteiger partial charge in [0.2, 0.25) is 0 Å². The number of nitrogens with one attached hydrogen (secondary N) is 1. The Bertz CT molecular complexity index is 1060. The Kier molecular flexibility index (Phi) is 6.12. The van der Waals surface area contributed by atoms with Gasteiger partial charge in [0.05, 0.1) is 18.9 Å². The third-order valence-corrected chi connectivity index (χ3v) is 4.87. The maximum Gasteiger partial charge on any atom is 0.335 e. The molecule has 1 heterocycles. The molecule has 0 saturated carbocycles. The minimum atomic E-state index is -0.832. The van der Waals surface area contributed by atoms with Crippen molar-refractivity contribution in [1.29, 1.82) is 0 Å². The summed E-state index contributed by atoms with van der Waals surface area (Å²) in [5.41, 5.74) is 1.15. The fourth-order valence-corrected chi connectivity index (χ4v) is 3.16. The minimum absolute atomic E-state index is 0.141. The maximum atomic E-state index is 13.1. The number of hydrogen-bond acceptors (Lipinski definition) is 5. The number of hydrogen-bond donors (Lipinski definition) is 1. The van der Waals surface area contributed by atoms with Gasteiger partial charge in [0.1, 0.15) is 17.1 Å². The Balaban J connectivity index is 2.08. The number of nitrogens with zero attached hydrogens (tertiary/aromatic N) is 1. The fourth-order valence-electron chi connectivity index (χ4n) is 2.99. The number of anilines is 1. The molecule has 0 unspecified atom stereocenters. The van der Waals surface area contributed by atoms with Crippen molar-refractivity contribution in [3.63, 3.8) is 0 Å². The van der Waals surface area contributed by atoms with E-state index in [4.69, 9.17) is 21.1 Å². The summed E-state index contributed by atoms with van der Waals surface area (Å²) in [6, 6.07) is 9.07. The van der Waals surface area contributed by atoms with E-state index >= 15 is 0 Å². The zero-order chi connectivity index (χ0) is 22.0. The molecule has 2 aromatic carbocycles. The molecule has 8 heteroatoms. The molecule has 1 fully saturated rings. The second-order valence-electron chi connectivity index (χ2n) is 6.91. The Morgan fingerprint density at radius 2 is 1.87 bits per heavy atom. The summed E-state index contributed by atoms with van der Waals surface area (Å²) in [6.45, 7) is 5.41. The summed E-state index contributed by atoms with van der Waals surface area (Å²) < 4.78 is 11.0. The van der Waals surface area contributed by atoms with Crippen LogP contribution in [0.25, 0.3) is 6.08 Å². The van der Waals surface area contributed by atoms with Crippen LogP contribution >= 0.6 is 11.6 Å². The Morgan fingerprint density at radius 1 is 1.13 bits per heavy atom. The third kappa shape index (κ3) is 4.16. The fraction of sp³-hybridized carbons (Fsp3) is 0.227. The molecule has 3 rings (SSSR count). The summed E-state index contributed by atoms with van der Waals surface area (Å²) >= 11 is 6.14. The zero-order valence-electron chi connectivity index (χ0n) is 17.0. The first-order valence-electron chi connectivity index (χ1n) is 9.24. The van der Waals surface area contributed by atoms with Crippen LogP contribution in [0, 0.1) is 6.92 Å². The lowest BCUT2D eigenvalue weighted by Crippen LogP contribution is -2.54. The highest BCUT2D eigenvalue weighted by Gasteiger charge is 2.37. The number of barbiturate groups is 1. The van der Waals surface area contributed by atoms with Crippen LogP contribution in [-0.4, -0.2) is 31.1 Å². The van der Waals surface area contributed by atoms with Gasteiger partial charge in [-0.1, -0.05) is 17.7 Å². The van der Waals surface area contributed by atoms with Crippen LogP contribution in [-0.2, 0) is 9.59 Å². The molecule has 0 aliphatic carbocycles. The molecule has 0 bridgehead atoms. The molecule has 0 spiro atoms. The van der Waals surface area contributed by atoms with Crippen molar-refractivity contribution < 1.29 is 23.9 Å². The van der Waals surface area contributed by atoms with Crippen molar-refractivity contribution in [2.45, 2.75) is 26.9 Å². The van der Waals surface area contributed by atoms with Crippen molar-refractivity contribution in [2.24, 2.45) is 0 Å². The first-order valence-corrected chi connectivity index (χ1v) is 9.62. The van der Waals surface area contributed by atoms with Gasteiger partial charge in [-0.2, -0.15) is 0 Å². The van der Waals surface area contributed by atoms with Crippen LogP contribution in [0.4, 0.5) is 10.5 Å². The first kappa shape index (κ1) is 21.4. The first-order chi connectivity index (χ1) is 14.2. The minimum Gasteiger partial charge on any atom is -0.497 e. The van der Waals surface area contributed by atoms with Gasteiger partial charge in [-0.25, -0.2) is 9.69 Å². The lowest BCUT2D eigenvalue weighted by Gasteiger charge is -2.28. The molecule has 0 aromatic heterocycles. The van der Waals surface area contributed by atoms with E-state index < -0.39 is 17.8 Å². The molecular weight excluding hydrogens is 408 g/mol. The molecular formula is C22H21ClN2O5. The van der Waals surface area contributed by atoms with Crippen molar-refractivity contribution in [3.8, 4) is 11.5 Å². The zero-order valence-corrected chi connectivity index (χ0v) is 17.7. The van der Waals surface area contributed by atoms with Gasteiger partial charge in [0, 0.05) is 16.7 Å². The Morgan fingerprint density at radius 3 is 2.53 bits per heavy atom. The van der Waals surface area contributed by atoms with E-state index in [0.717, 1.165) is 4.90 Å². The van der Waals surface area contributed by atoms with E-state index in [1.165, 1.54) is 13.2 Å². The van der Waals surface area contributed by atoms with Crippen molar-refractivity contribution in [1.82, 2.24) is 5.32 Å². The number of methoxy groups -OCH3 is 1. The van der Waals surface area contributed by atoms with E-state index in [1.54, 1.807) is 43.3 Å². The third-order valence-electron chi connectivity index (χ3n) is 4.46. The van der Waals surface area contributed by atoms with Crippen molar-refractivity contribution >= 4 is 41.2 Å². The summed E-state index contributed by atoms with van der Waals surface area (Å²) in [7, 11) is 1.53. The highest BCUT2D eigenvalue weighted by Crippen LogP contribution is 2.31. The van der Waals surface area contributed by atoms with E-state index in [-0.39, 0.29) is 11.7 Å².